The molecule has 0 bridgehead atoms. The zero-order chi connectivity index (χ0) is 11.7. The molecule has 17 heavy (non-hydrogen) atoms. The fourth-order valence-corrected chi connectivity index (χ4v) is 2.03. The summed E-state index contributed by atoms with van der Waals surface area (Å²) in [4.78, 5) is 8.86. The Morgan fingerprint density at radius 2 is 2.06 bits per heavy atom. The topological polar surface area (TPSA) is 25.8 Å². The number of pyridine rings is 2. The third-order valence-electron chi connectivity index (χ3n) is 3.11. The highest BCUT2D eigenvalue weighted by molar-refractivity contribution is 5.66. The lowest BCUT2D eigenvalue weighted by Crippen LogP contribution is -1.92. The van der Waals surface area contributed by atoms with Gasteiger partial charge in [0.05, 0.1) is 11.4 Å². The van der Waals surface area contributed by atoms with E-state index in [1.807, 2.05) is 24.5 Å². The molecular weight excluding hydrogens is 208 g/mol. The average molecular weight is 222 g/mol. The molecule has 0 N–H and O–H groups in total. The minimum absolute atomic E-state index is 0.658. The molecule has 1 aliphatic rings. The first-order valence-electron chi connectivity index (χ1n) is 5.92. The van der Waals surface area contributed by atoms with Crippen molar-refractivity contribution >= 4 is 6.08 Å². The monoisotopic (exact) mass is 222 g/mol. The quantitative estimate of drug-likeness (QED) is 0.792. The fraction of sp³-hybridized carbons (Fsp3) is 0.200. The second kappa shape index (κ2) is 4.13. The number of hydrogen-bond donors (Lipinski definition) is 0. The van der Waals surface area contributed by atoms with Crippen LogP contribution in [-0.4, -0.2) is 9.97 Å². The zero-order valence-corrected chi connectivity index (χ0v) is 9.63. The summed E-state index contributed by atoms with van der Waals surface area (Å²) < 4.78 is 0. The van der Waals surface area contributed by atoms with Gasteiger partial charge in [0.25, 0.3) is 0 Å². The van der Waals surface area contributed by atoms with Crippen molar-refractivity contribution < 1.29 is 0 Å². The van der Waals surface area contributed by atoms with Crippen molar-refractivity contribution in [3.05, 3.63) is 54.6 Å². The number of aromatic nitrogens is 2. The highest BCUT2D eigenvalue weighted by Gasteiger charge is 2.27. The highest BCUT2D eigenvalue weighted by atomic mass is 14.7. The van der Waals surface area contributed by atoms with Gasteiger partial charge in [-0.25, -0.2) is 0 Å². The Bertz CT molecular complexity index is 539. The summed E-state index contributed by atoms with van der Waals surface area (Å²) in [6.07, 6.45) is 8.07. The molecule has 0 radical (unpaired) electrons. The van der Waals surface area contributed by atoms with E-state index in [0.717, 1.165) is 11.3 Å². The van der Waals surface area contributed by atoms with Gasteiger partial charge in [-0.3, -0.25) is 9.97 Å². The molecule has 2 heterocycles. The SMILES string of the molecule is C=Cc1ccc(-c2cccnc2C2CC2)cn1. The van der Waals surface area contributed by atoms with Gasteiger partial charge in [0.1, 0.15) is 0 Å². The standard InChI is InChI=1S/C15H14N2/c1-2-13-8-7-12(10-17-13)14-4-3-9-16-15(14)11-5-6-11/h2-4,7-11H,1,5-6H2. The van der Waals surface area contributed by atoms with Crippen molar-refractivity contribution in [1.82, 2.24) is 9.97 Å². The molecule has 0 aromatic carbocycles. The van der Waals surface area contributed by atoms with E-state index in [4.69, 9.17) is 0 Å². The average Bonchev–Trinajstić information content (AvgIpc) is 3.23. The molecule has 2 aromatic rings. The van der Waals surface area contributed by atoms with Crippen LogP contribution in [0.25, 0.3) is 17.2 Å². The highest BCUT2D eigenvalue weighted by Crippen LogP contribution is 2.42. The van der Waals surface area contributed by atoms with E-state index in [9.17, 15) is 0 Å². The summed E-state index contributed by atoms with van der Waals surface area (Å²) in [5, 5.41) is 0. The Morgan fingerprint density at radius 3 is 2.71 bits per heavy atom. The predicted octanol–water partition coefficient (Wildman–Crippen LogP) is 3.66. The molecule has 0 amide bonds. The van der Waals surface area contributed by atoms with Crippen LogP contribution < -0.4 is 0 Å². The maximum absolute atomic E-state index is 4.51. The van der Waals surface area contributed by atoms with E-state index >= 15 is 0 Å². The number of rotatable bonds is 3. The molecule has 84 valence electrons. The molecule has 2 aromatic heterocycles. The first-order chi connectivity index (χ1) is 8.38. The van der Waals surface area contributed by atoms with E-state index < -0.39 is 0 Å². The molecule has 2 nitrogen and oxygen atoms in total. The molecule has 0 aliphatic heterocycles. The Labute approximate surface area is 101 Å². The summed E-state index contributed by atoms with van der Waals surface area (Å²) in [7, 11) is 0. The maximum Gasteiger partial charge on any atom is 0.0624 e. The minimum atomic E-state index is 0.658. The van der Waals surface area contributed by atoms with E-state index in [1.54, 1.807) is 6.08 Å². The minimum Gasteiger partial charge on any atom is -0.260 e. The fourth-order valence-electron chi connectivity index (χ4n) is 2.03. The van der Waals surface area contributed by atoms with Crippen LogP contribution in [0.4, 0.5) is 0 Å². The Morgan fingerprint density at radius 1 is 1.18 bits per heavy atom. The lowest BCUT2D eigenvalue weighted by atomic mass is 10.0. The van der Waals surface area contributed by atoms with Crippen molar-refractivity contribution in [1.29, 1.82) is 0 Å². The van der Waals surface area contributed by atoms with Crippen LogP contribution in [0.2, 0.25) is 0 Å². The summed E-state index contributed by atoms with van der Waals surface area (Å²) in [5.74, 6) is 0.658. The molecule has 1 aliphatic carbocycles. The van der Waals surface area contributed by atoms with Crippen molar-refractivity contribution in [2.75, 3.05) is 0 Å². The first kappa shape index (κ1) is 10.2. The van der Waals surface area contributed by atoms with Crippen LogP contribution in [0.5, 0.6) is 0 Å². The molecular formula is C15H14N2. The summed E-state index contributed by atoms with van der Waals surface area (Å²) in [5.41, 5.74) is 4.50. The second-order valence-electron chi connectivity index (χ2n) is 4.39. The van der Waals surface area contributed by atoms with Crippen LogP contribution in [0.1, 0.15) is 30.1 Å². The Balaban J connectivity index is 2.04. The van der Waals surface area contributed by atoms with Gasteiger partial charge >= 0.3 is 0 Å². The van der Waals surface area contributed by atoms with Gasteiger partial charge in [0.15, 0.2) is 0 Å². The molecule has 0 atom stereocenters. The van der Waals surface area contributed by atoms with E-state index in [0.29, 0.717) is 5.92 Å². The summed E-state index contributed by atoms with van der Waals surface area (Å²) in [6, 6.07) is 8.20. The lowest BCUT2D eigenvalue weighted by Gasteiger charge is -2.07. The lowest BCUT2D eigenvalue weighted by molar-refractivity contribution is 1.03. The predicted molar refractivity (Wildman–Crippen MR) is 69.5 cm³/mol. The third-order valence-corrected chi connectivity index (χ3v) is 3.11. The van der Waals surface area contributed by atoms with Gasteiger partial charge in [-0.15, -0.1) is 0 Å². The molecule has 1 fully saturated rings. The van der Waals surface area contributed by atoms with Crippen LogP contribution in [0, 0.1) is 0 Å². The Hall–Kier alpha value is -1.96. The normalized spacial score (nSPS) is 14.6. The molecule has 0 saturated heterocycles. The van der Waals surface area contributed by atoms with Gasteiger partial charge in [0.2, 0.25) is 0 Å². The van der Waals surface area contributed by atoms with Crippen molar-refractivity contribution in [3.8, 4) is 11.1 Å². The summed E-state index contributed by atoms with van der Waals surface area (Å²) in [6.45, 7) is 3.71. The van der Waals surface area contributed by atoms with Crippen LogP contribution >= 0.6 is 0 Å². The third kappa shape index (κ3) is 1.98. The van der Waals surface area contributed by atoms with Crippen molar-refractivity contribution in [2.45, 2.75) is 18.8 Å². The molecule has 0 unspecified atom stereocenters. The van der Waals surface area contributed by atoms with Crippen LogP contribution in [0.15, 0.2) is 43.2 Å². The van der Waals surface area contributed by atoms with Gasteiger partial charge < -0.3 is 0 Å². The van der Waals surface area contributed by atoms with Gasteiger partial charge in [0, 0.05) is 29.4 Å². The zero-order valence-electron chi connectivity index (χ0n) is 9.63. The molecule has 1 saturated carbocycles. The molecule has 0 spiro atoms. The largest absolute Gasteiger partial charge is 0.260 e. The van der Waals surface area contributed by atoms with Crippen molar-refractivity contribution in [3.63, 3.8) is 0 Å². The van der Waals surface area contributed by atoms with E-state index in [1.165, 1.54) is 24.1 Å². The molecule has 3 rings (SSSR count). The van der Waals surface area contributed by atoms with Gasteiger partial charge in [-0.2, -0.15) is 0 Å². The second-order valence-corrected chi connectivity index (χ2v) is 4.39. The number of nitrogens with zero attached hydrogens (tertiary/aromatic N) is 2. The van der Waals surface area contributed by atoms with Crippen molar-refractivity contribution in [2.24, 2.45) is 0 Å². The van der Waals surface area contributed by atoms with Gasteiger partial charge in [-0.1, -0.05) is 18.7 Å². The van der Waals surface area contributed by atoms with Gasteiger partial charge in [-0.05, 0) is 31.1 Å². The van der Waals surface area contributed by atoms with Crippen LogP contribution in [-0.2, 0) is 0 Å². The number of hydrogen-bond acceptors (Lipinski definition) is 2. The summed E-state index contributed by atoms with van der Waals surface area (Å²) >= 11 is 0. The van der Waals surface area contributed by atoms with E-state index in [-0.39, 0.29) is 0 Å². The maximum atomic E-state index is 4.51. The van der Waals surface area contributed by atoms with E-state index in [2.05, 4.69) is 28.7 Å². The Kier molecular flexibility index (Phi) is 2.48. The first-order valence-corrected chi connectivity index (χ1v) is 5.92. The van der Waals surface area contributed by atoms with Crippen LogP contribution in [0.3, 0.4) is 0 Å². The molecule has 2 heteroatoms. The smallest absolute Gasteiger partial charge is 0.0624 e.